The Bertz CT molecular complexity index is 886. The van der Waals surface area contributed by atoms with Crippen LogP contribution in [0.25, 0.3) is 0 Å². The molecule has 0 amide bonds. The quantitative estimate of drug-likeness (QED) is 0.856. The van der Waals surface area contributed by atoms with Gasteiger partial charge in [-0.15, -0.1) is 11.8 Å². The van der Waals surface area contributed by atoms with E-state index in [1.54, 1.807) is 12.1 Å². The number of thioether (sulfide) groups is 1. The van der Waals surface area contributed by atoms with Gasteiger partial charge < -0.3 is 10.1 Å². The number of thiazole rings is 1. The van der Waals surface area contributed by atoms with Crippen molar-refractivity contribution in [2.45, 2.75) is 35.5 Å². The van der Waals surface area contributed by atoms with Gasteiger partial charge in [-0.1, -0.05) is 29.5 Å². The first kappa shape index (κ1) is 14.8. The molecule has 0 spiro atoms. The number of nitrogens with one attached hydrogen (secondary N) is 1. The summed E-state index contributed by atoms with van der Waals surface area (Å²) in [4.78, 5) is 27.8. The molecule has 5 rings (SSSR count). The molecule has 0 saturated heterocycles. The summed E-state index contributed by atoms with van der Waals surface area (Å²) in [5.74, 6) is 0.977. The van der Waals surface area contributed by atoms with Crippen LogP contribution in [0.4, 0.5) is 0 Å². The highest BCUT2D eigenvalue weighted by molar-refractivity contribution is 8.00. The maximum Gasteiger partial charge on any atom is 0.335 e. The van der Waals surface area contributed by atoms with Crippen LogP contribution in [0.3, 0.4) is 0 Å². The molecule has 0 radical (unpaired) electrons. The molecule has 3 aliphatic rings. The van der Waals surface area contributed by atoms with Gasteiger partial charge >= 0.3 is 10.8 Å². The zero-order valence-electron chi connectivity index (χ0n) is 12.9. The monoisotopic (exact) mass is 359 g/mol. The van der Waals surface area contributed by atoms with Gasteiger partial charge in [0, 0.05) is 16.0 Å². The maximum absolute atomic E-state index is 12.0. The van der Waals surface area contributed by atoms with Gasteiger partial charge in [0.2, 0.25) is 0 Å². The minimum absolute atomic E-state index is 0.0300. The normalized spacial score (nSPS) is 33.2. The van der Waals surface area contributed by atoms with Crippen molar-refractivity contribution >= 4 is 29.1 Å². The Kier molecular flexibility index (Phi) is 3.22. The second-order valence-electron chi connectivity index (χ2n) is 7.07. The Labute approximate surface area is 147 Å². The first-order chi connectivity index (χ1) is 11.6. The number of aromatic amines is 1. The lowest BCUT2D eigenvalue weighted by Gasteiger charge is -2.40. The van der Waals surface area contributed by atoms with E-state index in [0.717, 1.165) is 15.5 Å². The molecule has 1 aromatic carbocycles. The number of carbonyl (C=O) groups is 1. The number of H-pyrrole nitrogens is 1. The fourth-order valence-electron chi connectivity index (χ4n) is 5.16. The van der Waals surface area contributed by atoms with Crippen molar-refractivity contribution in [2.24, 2.45) is 17.8 Å². The third-order valence-electron chi connectivity index (χ3n) is 5.99. The van der Waals surface area contributed by atoms with Gasteiger partial charge in [0.25, 0.3) is 0 Å². The lowest BCUT2D eigenvalue weighted by Crippen LogP contribution is -2.34. The molecule has 2 aromatic rings. The van der Waals surface area contributed by atoms with Crippen molar-refractivity contribution in [3.05, 3.63) is 49.9 Å². The van der Waals surface area contributed by atoms with Gasteiger partial charge in [0.15, 0.2) is 0 Å². The average molecular weight is 359 g/mol. The van der Waals surface area contributed by atoms with E-state index in [1.165, 1.54) is 30.6 Å². The topological polar surface area (TPSA) is 70.2 Å². The Balaban J connectivity index is 1.73. The summed E-state index contributed by atoms with van der Waals surface area (Å²) in [5.41, 5.74) is 1.26. The van der Waals surface area contributed by atoms with E-state index in [4.69, 9.17) is 0 Å². The number of aromatic nitrogens is 1. The predicted octanol–water partition coefficient (Wildman–Crippen LogP) is 3.79. The lowest BCUT2D eigenvalue weighted by molar-refractivity contribution is 0.0694. The van der Waals surface area contributed by atoms with Crippen molar-refractivity contribution in [1.29, 1.82) is 0 Å². The number of carboxylic acid groups (broad SMARTS) is 1. The first-order valence-electron chi connectivity index (χ1n) is 8.35. The van der Waals surface area contributed by atoms with Crippen molar-refractivity contribution in [2.75, 3.05) is 0 Å². The number of hydrogen-bond donors (Lipinski definition) is 2. The molecule has 124 valence electrons. The molecule has 5 atom stereocenters. The second kappa shape index (κ2) is 5.23. The molecule has 2 N–H and O–H groups in total. The molecule has 2 aliphatic carbocycles. The molecule has 2 fully saturated rings. The number of rotatable bonds is 2. The van der Waals surface area contributed by atoms with Crippen molar-refractivity contribution in [1.82, 2.24) is 4.98 Å². The van der Waals surface area contributed by atoms with Gasteiger partial charge in [-0.2, -0.15) is 0 Å². The van der Waals surface area contributed by atoms with E-state index in [2.05, 4.69) is 4.98 Å². The molecular formula is C18H17NO3S2. The van der Waals surface area contributed by atoms with Gasteiger partial charge in [0.1, 0.15) is 0 Å². The van der Waals surface area contributed by atoms with E-state index in [-0.39, 0.29) is 10.8 Å². The molecule has 2 saturated carbocycles. The molecule has 0 unspecified atom stereocenters. The standard InChI is InChI=1S/C18H17NO3S2/c20-17(21)11-4-2-1-3-10(11)13-12-8-5-6-9(7-8)14(12)23-16-15(13)24-18(22)19-16/h1-4,8-9,12-14H,5-7H2,(H,19,22)(H,20,21)/t8-,9+,12+,13+,14-/m0/s1. The van der Waals surface area contributed by atoms with E-state index < -0.39 is 5.97 Å². The van der Waals surface area contributed by atoms with E-state index >= 15 is 0 Å². The predicted molar refractivity (Wildman–Crippen MR) is 94.2 cm³/mol. The van der Waals surface area contributed by atoms with Crippen LogP contribution >= 0.6 is 23.1 Å². The minimum Gasteiger partial charge on any atom is -0.478 e. The largest absolute Gasteiger partial charge is 0.478 e. The molecule has 1 aliphatic heterocycles. The third kappa shape index (κ3) is 1.99. The van der Waals surface area contributed by atoms with Crippen LogP contribution in [-0.2, 0) is 0 Å². The number of fused-ring (bicyclic) bond motifs is 6. The van der Waals surface area contributed by atoms with Gasteiger partial charge in [-0.05, 0) is 48.6 Å². The smallest absolute Gasteiger partial charge is 0.335 e. The second-order valence-corrected chi connectivity index (χ2v) is 9.27. The van der Waals surface area contributed by atoms with Crippen molar-refractivity contribution in [3.8, 4) is 0 Å². The third-order valence-corrected chi connectivity index (χ3v) is 8.62. The summed E-state index contributed by atoms with van der Waals surface area (Å²) in [6, 6.07) is 7.34. The summed E-state index contributed by atoms with van der Waals surface area (Å²) >= 11 is 3.10. The Morgan fingerprint density at radius 2 is 2.00 bits per heavy atom. The summed E-state index contributed by atoms with van der Waals surface area (Å²) in [6.45, 7) is 0. The lowest BCUT2D eigenvalue weighted by atomic mass is 9.74. The molecule has 24 heavy (non-hydrogen) atoms. The van der Waals surface area contributed by atoms with E-state index in [9.17, 15) is 14.7 Å². The fourth-order valence-corrected chi connectivity index (χ4v) is 8.05. The van der Waals surface area contributed by atoms with Crippen LogP contribution in [0.15, 0.2) is 34.1 Å². The summed E-state index contributed by atoms with van der Waals surface area (Å²) in [7, 11) is 0. The van der Waals surface area contributed by atoms with Crippen LogP contribution in [0.2, 0.25) is 0 Å². The molecule has 6 heteroatoms. The van der Waals surface area contributed by atoms with Crippen molar-refractivity contribution < 1.29 is 9.90 Å². The Morgan fingerprint density at radius 3 is 2.83 bits per heavy atom. The van der Waals surface area contributed by atoms with Crippen LogP contribution in [-0.4, -0.2) is 21.3 Å². The van der Waals surface area contributed by atoms with Crippen LogP contribution in [0.1, 0.15) is 46.0 Å². The zero-order valence-corrected chi connectivity index (χ0v) is 14.5. The molecule has 2 heterocycles. The highest BCUT2D eigenvalue weighted by Gasteiger charge is 2.55. The Morgan fingerprint density at radius 1 is 1.21 bits per heavy atom. The van der Waals surface area contributed by atoms with Crippen LogP contribution in [0, 0.1) is 17.8 Å². The minimum atomic E-state index is -0.882. The molecule has 4 nitrogen and oxygen atoms in total. The SMILES string of the molecule is O=C(O)c1ccccc1[C@H]1c2sc(=O)[nH]c2S[C@H]2[C@@H]3CC[C@@H](C3)[C@H]12. The van der Waals surface area contributed by atoms with Crippen LogP contribution < -0.4 is 4.87 Å². The van der Waals surface area contributed by atoms with Gasteiger partial charge in [-0.3, -0.25) is 4.79 Å². The van der Waals surface area contributed by atoms with Gasteiger partial charge in [0.05, 0.1) is 10.6 Å². The van der Waals surface area contributed by atoms with Crippen LogP contribution in [0.5, 0.6) is 0 Å². The summed E-state index contributed by atoms with van der Waals surface area (Å²) in [5, 5.41) is 11.1. The highest BCUT2D eigenvalue weighted by Crippen LogP contribution is 2.63. The number of aromatic carboxylic acids is 1. The fraction of sp³-hybridized carbons (Fsp3) is 0.444. The molecule has 1 aromatic heterocycles. The molecular weight excluding hydrogens is 342 g/mol. The highest BCUT2D eigenvalue weighted by atomic mass is 32.2. The Hall–Kier alpha value is -1.53. The number of benzene rings is 1. The van der Waals surface area contributed by atoms with E-state index in [0.29, 0.717) is 28.6 Å². The maximum atomic E-state index is 12.0. The summed E-state index contributed by atoms with van der Waals surface area (Å²) < 4.78 is 0. The first-order valence-corrected chi connectivity index (χ1v) is 10.0. The number of carboxylic acids is 1. The average Bonchev–Trinajstić information content (AvgIpc) is 3.26. The zero-order chi connectivity index (χ0) is 16.4. The number of hydrogen-bond acceptors (Lipinski definition) is 4. The van der Waals surface area contributed by atoms with Crippen molar-refractivity contribution in [3.63, 3.8) is 0 Å². The van der Waals surface area contributed by atoms with Gasteiger partial charge in [-0.25, -0.2) is 4.79 Å². The molecule has 2 bridgehead atoms. The van der Waals surface area contributed by atoms with E-state index in [1.807, 2.05) is 23.9 Å². The summed E-state index contributed by atoms with van der Waals surface area (Å²) in [6.07, 6.45) is 3.77.